The molecule has 2 fully saturated rings. The summed E-state index contributed by atoms with van der Waals surface area (Å²) in [6.07, 6.45) is 53.8. The van der Waals surface area contributed by atoms with Gasteiger partial charge >= 0.3 is 0 Å². The fourth-order valence-corrected chi connectivity index (χ4v) is 9.64. The molecule has 7 nitrogen and oxygen atoms in total. The second-order valence-corrected chi connectivity index (χ2v) is 19.1. The molecule has 0 spiro atoms. The zero-order chi connectivity index (χ0) is 46.0. The lowest BCUT2D eigenvalue weighted by Gasteiger charge is -2.29. The largest absolute Gasteiger partial charge is 0.483 e. The summed E-state index contributed by atoms with van der Waals surface area (Å²) in [5.41, 5.74) is 0. The summed E-state index contributed by atoms with van der Waals surface area (Å²) >= 11 is 0. The second kappa shape index (κ2) is 51.0. The average Bonchev–Trinajstić information content (AvgIpc) is 3.96. The van der Waals surface area contributed by atoms with E-state index >= 15 is 0 Å². The van der Waals surface area contributed by atoms with Crippen LogP contribution in [0.4, 0.5) is 0 Å². The number of likely N-dealkylation sites (tertiary alicyclic amines) is 1. The molecular formula is C55H111NO6. The van der Waals surface area contributed by atoms with Gasteiger partial charge < -0.3 is 29.4 Å². The second-order valence-electron chi connectivity index (χ2n) is 19.1. The van der Waals surface area contributed by atoms with Gasteiger partial charge in [-0.3, -0.25) is 4.79 Å². The van der Waals surface area contributed by atoms with E-state index in [0.29, 0.717) is 0 Å². The van der Waals surface area contributed by atoms with Crippen LogP contribution in [0.25, 0.3) is 0 Å². The van der Waals surface area contributed by atoms with Crippen LogP contribution in [0.2, 0.25) is 0 Å². The van der Waals surface area contributed by atoms with E-state index in [0.717, 1.165) is 64.1 Å². The van der Waals surface area contributed by atoms with E-state index < -0.39 is 0 Å². The van der Waals surface area contributed by atoms with Crippen LogP contribution < -0.4 is 0 Å². The minimum Gasteiger partial charge on any atom is -0.483 e. The summed E-state index contributed by atoms with van der Waals surface area (Å²) < 4.78 is 13.2. The zero-order valence-corrected chi connectivity index (χ0v) is 42.8. The molecule has 0 aliphatic carbocycles. The smallest absolute Gasteiger partial charge is 0.290 e. The Morgan fingerprint density at radius 1 is 0.532 bits per heavy atom. The Morgan fingerprint density at radius 2 is 0.887 bits per heavy atom. The average molecular weight is 882 g/mol. The Labute approximate surface area is 387 Å². The van der Waals surface area contributed by atoms with Crippen molar-refractivity contribution in [1.82, 2.24) is 4.90 Å². The van der Waals surface area contributed by atoms with Crippen molar-refractivity contribution >= 4 is 12.8 Å². The first kappa shape index (κ1) is 63.1. The van der Waals surface area contributed by atoms with Gasteiger partial charge in [-0.05, 0) is 57.0 Å². The van der Waals surface area contributed by atoms with Crippen LogP contribution in [0.1, 0.15) is 285 Å². The number of hydrogen-bond acceptors (Lipinski definition) is 6. The van der Waals surface area contributed by atoms with Crippen molar-refractivity contribution < 1.29 is 29.3 Å². The molecule has 372 valence electrons. The van der Waals surface area contributed by atoms with Gasteiger partial charge in [0.1, 0.15) is 6.29 Å². The lowest BCUT2D eigenvalue weighted by Crippen LogP contribution is -2.35. The van der Waals surface area contributed by atoms with Gasteiger partial charge in [-0.1, -0.05) is 234 Å². The molecule has 62 heavy (non-hydrogen) atoms. The number of hydrogen-bond donors (Lipinski definition) is 2. The van der Waals surface area contributed by atoms with Crippen molar-refractivity contribution in [3.05, 3.63) is 0 Å². The topological polar surface area (TPSA) is 96.3 Å². The van der Waals surface area contributed by atoms with Crippen LogP contribution in [0.15, 0.2) is 0 Å². The third-order valence-corrected chi connectivity index (χ3v) is 13.6. The highest BCUT2D eigenvalue weighted by atomic mass is 16.7. The van der Waals surface area contributed by atoms with Gasteiger partial charge in [0.25, 0.3) is 6.47 Å². The van der Waals surface area contributed by atoms with E-state index in [1.807, 2.05) is 0 Å². The quantitative estimate of drug-likeness (QED) is 0.0466. The normalized spacial score (nSPS) is 17.3. The number of aldehydes is 1. The maximum atomic E-state index is 10.5. The Balaban J connectivity index is 0. The molecule has 2 heterocycles. The highest BCUT2D eigenvalue weighted by molar-refractivity contribution is 5.48. The maximum Gasteiger partial charge on any atom is 0.290 e. The van der Waals surface area contributed by atoms with Gasteiger partial charge in [-0.15, -0.1) is 0 Å². The highest BCUT2D eigenvalue weighted by Crippen LogP contribution is 2.35. The van der Waals surface area contributed by atoms with E-state index in [2.05, 4.69) is 39.5 Å². The number of rotatable bonds is 41. The Kier molecular flexibility index (Phi) is 51.8. The summed E-state index contributed by atoms with van der Waals surface area (Å²) in [6.45, 7) is 15.7. The van der Waals surface area contributed by atoms with Crippen molar-refractivity contribution in [2.75, 3.05) is 33.4 Å². The van der Waals surface area contributed by atoms with Gasteiger partial charge in [0.2, 0.25) is 0 Å². The highest BCUT2D eigenvalue weighted by Gasteiger charge is 2.41. The predicted octanol–water partition coefficient (Wildman–Crippen LogP) is 16.5. The van der Waals surface area contributed by atoms with Crippen LogP contribution in [0.5, 0.6) is 0 Å². The standard InChI is InChI=1S/C40H77NO3.C13H28.CH2O2.CH4O/c1-3-5-20-28-38(29-21-6-4-2)30-22-16-12-8-7-9-13-17-23-31-40(32-24-18-14-10-11-15-19-27-35-42)43-37-39(44-40)36-41-33-25-26-34-41;1-4-7-9-11-13(6-3)12-10-8-5-2;2-1-3;1-2/h35,38-39H,3-34,36-37H2,1-2H3;13H,4-12H2,1-3H3;1H,(H,2,3);2H,1H3. The molecule has 7 heteroatoms. The third-order valence-electron chi connectivity index (χ3n) is 13.6. The Hall–Kier alpha value is -1.02. The number of aliphatic hydroxyl groups excluding tert-OH is 1. The van der Waals surface area contributed by atoms with Gasteiger partial charge in [0, 0.05) is 32.9 Å². The fourth-order valence-electron chi connectivity index (χ4n) is 9.64. The SMILES string of the molecule is CCCCCC(CC)CCCCC.CCCCCC(CCCCC)CCCCCCCCCCCC1(CCCCCCCCCC=O)OCC(CN2CCCC2)O1.CO.O=CO. The number of carboxylic acid groups (broad SMARTS) is 1. The van der Waals surface area contributed by atoms with Crippen molar-refractivity contribution in [1.29, 1.82) is 0 Å². The maximum absolute atomic E-state index is 10.5. The van der Waals surface area contributed by atoms with Gasteiger partial charge in [-0.25, -0.2) is 0 Å². The molecule has 2 aliphatic heterocycles. The lowest BCUT2D eigenvalue weighted by atomic mass is 9.90. The summed E-state index contributed by atoms with van der Waals surface area (Å²) in [5.74, 6) is 1.71. The van der Waals surface area contributed by atoms with Crippen LogP contribution in [-0.4, -0.2) is 73.1 Å². The number of carbonyl (C=O) groups excluding carboxylic acids is 1. The van der Waals surface area contributed by atoms with Crippen LogP contribution in [0, 0.1) is 11.8 Å². The van der Waals surface area contributed by atoms with Crippen molar-refractivity contribution in [2.45, 2.75) is 297 Å². The van der Waals surface area contributed by atoms with Gasteiger partial charge in [0.05, 0.1) is 12.7 Å². The number of carbonyl (C=O) groups is 2. The van der Waals surface area contributed by atoms with Crippen LogP contribution >= 0.6 is 0 Å². The first-order chi connectivity index (χ1) is 30.5. The molecule has 2 N–H and O–H groups in total. The first-order valence-corrected chi connectivity index (χ1v) is 27.5. The lowest BCUT2D eigenvalue weighted by molar-refractivity contribution is -0.180. The molecule has 0 bridgehead atoms. The number of aliphatic hydroxyl groups is 1. The summed E-state index contributed by atoms with van der Waals surface area (Å²) in [5, 5.41) is 13.9. The van der Waals surface area contributed by atoms with Gasteiger partial charge in [-0.2, -0.15) is 0 Å². The summed E-state index contributed by atoms with van der Waals surface area (Å²) in [4.78, 5) is 21.4. The van der Waals surface area contributed by atoms with Crippen LogP contribution in [-0.2, 0) is 19.1 Å². The third kappa shape index (κ3) is 40.5. The van der Waals surface area contributed by atoms with Crippen molar-refractivity contribution in [3.8, 4) is 0 Å². The predicted molar refractivity (Wildman–Crippen MR) is 268 cm³/mol. The summed E-state index contributed by atoms with van der Waals surface area (Å²) in [7, 11) is 1.00. The molecule has 2 aliphatic rings. The molecule has 2 saturated heterocycles. The molecule has 0 saturated carbocycles. The number of ether oxygens (including phenoxy) is 2. The fraction of sp³-hybridized carbons (Fsp3) is 0.964. The van der Waals surface area contributed by atoms with Crippen molar-refractivity contribution in [3.63, 3.8) is 0 Å². The van der Waals surface area contributed by atoms with E-state index in [4.69, 9.17) is 24.5 Å². The number of nitrogens with zero attached hydrogens (tertiary/aromatic N) is 1. The molecule has 0 amide bonds. The monoisotopic (exact) mass is 882 g/mol. The minimum absolute atomic E-state index is 0.250. The van der Waals surface area contributed by atoms with Crippen LogP contribution in [0.3, 0.4) is 0 Å². The summed E-state index contributed by atoms with van der Waals surface area (Å²) in [6, 6.07) is 0. The van der Waals surface area contributed by atoms with E-state index in [1.54, 1.807) is 0 Å². The molecule has 0 aromatic rings. The molecule has 2 unspecified atom stereocenters. The van der Waals surface area contributed by atoms with E-state index in [9.17, 15) is 4.79 Å². The van der Waals surface area contributed by atoms with E-state index in [-0.39, 0.29) is 18.4 Å². The molecule has 0 aromatic heterocycles. The molecule has 0 aromatic carbocycles. The zero-order valence-electron chi connectivity index (χ0n) is 42.8. The number of unbranched alkanes of at least 4 members (excludes halogenated alkanes) is 23. The molecule has 2 atom stereocenters. The molecule has 0 radical (unpaired) electrons. The minimum atomic E-state index is -0.320. The Morgan fingerprint density at radius 3 is 1.27 bits per heavy atom. The van der Waals surface area contributed by atoms with Gasteiger partial charge in [0.15, 0.2) is 5.79 Å². The van der Waals surface area contributed by atoms with Crippen molar-refractivity contribution in [2.24, 2.45) is 11.8 Å². The molecule has 2 rings (SSSR count). The first-order valence-electron chi connectivity index (χ1n) is 27.5. The Bertz CT molecular complexity index is 849. The molecular weight excluding hydrogens is 771 g/mol. The van der Waals surface area contributed by atoms with E-state index in [1.165, 1.54) is 238 Å².